The third-order valence-electron chi connectivity index (χ3n) is 3.80. The second-order valence-electron chi connectivity index (χ2n) is 5.23. The first-order valence-corrected chi connectivity index (χ1v) is 9.05. The van der Waals surface area contributed by atoms with E-state index in [2.05, 4.69) is 91.2 Å². The van der Waals surface area contributed by atoms with Gasteiger partial charge in [0.2, 0.25) is 0 Å². The summed E-state index contributed by atoms with van der Waals surface area (Å²) in [5.74, 6) is 0. The smallest absolute Gasteiger partial charge is 0.125 e. The Morgan fingerprint density at radius 1 is 0.652 bits per heavy atom. The maximum Gasteiger partial charge on any atom is 0.155 e. The van der Waals surface area contributed by atoms with Crippen LogP contribution in [0, 0.1) is 6.32 Å². The van der Waals surface area contributed by atoms with Gasteiger partial charge in [0, 0.05) is 6.16 Å². The Bertz CT molecular complexity index is 686. The monoisotopic (exact) mass is 316 g/mol. The Balaban J connectivity index is 1.97. The topological polar surface area (TPSA) is 0 Å². The summed E-state index contributed by atoms with van der Waals surface area (Å²) in [6.07, 6.45) is 4.78. The van der Waals surface area contributed by atoms with Crippen LogP contribution in [0.1, 0.15) is 11.1 Å². The van der Waals surface area contributed by atoms with Gasteiger partial charge in [-0.25, -0.2) is 0 Å². The van der Waals surface area contributed by atoms with E-state index in [0.717, 1.165) is 12.6 Å². The number of rotatable bonds is 6. The molecule has 0 amide bonds. The van der Waals surface area contributed by atoms with Gasteiger partial charge < -0.3 is 0 Å². The Morgan fingerprint density at radius 2 is 1.13 bits per heavy atom. The van der Waals surface area contributed by atoms with Crippen LogP contribution in [0.3, 0.4) is 0 Å². The molecule has 0 nitrogen and oxygen atoms in total. The Morgan fingerprint density at radius 3 is 1.65 bits per heavy atom. The van der Waals surface area contributed by atoms with Crippen LogP contribution in [0.15, 0.2) is 84.9 Å². The van der Waals surface area contributed by atoms with Crippen LogP contribution < -0.4 is 10.6 Å². The van der Waals surface area contributed by atoms with Gasteiger partial charge in [0.05, 0.1) is 6.42 Å². The molecule has 0 spiro atoms. The summed E-state index contributed by atoms with van der Waals surface area (Å²) in [4.78, 5) is 0. The molecule has 0 aromatic heterocycles. The second kappa shape index (κ2) is 8.04. The molecule has 0 N–H and O–H groups in total. The average Bonchev–Trinajstić information content (AvgIpc) is 2.63. The van der Waals surface area contributed by atoms with Gasteiger partial charge in [-0.1, -0.05) is 84.9 Å². The molecule has 3 aromatic carbocycles. The third kappa shape index (κ3) is 4.06. The van der Waals surface area contributed by atoms with E-state index in [0.29, 0.717) is 7.85 Å². The first kappa shape index (κ1) is 15.9. The van der Waals surface area contributed by atoms with Crippen molar-refractivity contribution in [3.8, 4) is 0 Å². The zero-order valence-corrected chi connectivity index (χ0v) is 13.4. The van der Waals surface area contributed by atoms with Crippen molar-refractivity contribution in [1.82, 2.24) is 0 Å². The zero-order chi connectivity index (χ0) is 15.9. The SMILES string of the molecule is [BH3-][CH+]Cc1ccccc1CP(c1ccccc1)c1ccccc1. The molecule has 0 fully saturated rings. The molecule has 0 aliphatic carbocycles. The number of benzene rings is 3. The molecule has 0 heterocycles. The van der Waals surface area contributed by atoms with E-state index >= 15 is 0 Å². The molecule has 0 bridgehead atoms. The quantitative estimate of drug-likeness (QED) is 0.371. The van der Waals surface area contributed by atoms with Gasteiger partial charge in [-0.05, 0) is 29.7 Å². The van der Waals surface area contributed by atoms with Gasteiger partial charge in [-0.3, -0.25) is 0 Å². The fourth-order valence-electron chi connectivity index (χ4n) is 2.63. The van der Waals surface area contributed by atoms with Crippen LogP contribution in [-0.4, -0.2) is 7.85 Å². The van der Waals surface area contributed by atoms with Crippen molar-refractivity contribution in [2.24, 2.45) is 0 Å². The lowest BCUT2D eigenvalue weighted by molar-refractivity contribution is 1.18. The first-order chi connectivity index (χ1) is 11.4. The molecule has 0 saturated carbocycles. The summed E-state index contributed by atoms with van der Waals surface area (Å²) in [6, 6.07) is 31.0. The van der Waals surface area contributed by atoms with Crippen LogP contribution >= 0.6 is 7.92 Å². The maximum absolute atomic E-state index is 2.49. The van der Waals surface area contributed by atoms with Crippen molar-refractivity contribution >= 4 is 26.4 Å². The molecule has 0 saturated heterocycles. The third-order valence-corrected chi connectivity index (χ3v) is 6.30. The number of hydrogen-bond donors (Lipinski definition) is 0. The highest BCUT2D eigenvalue weighted by Gasteiger charge is 2.16. The van der Waals surface area contributed by atoms with E-state index in [-0.39, 0.29) is 7.92 Å². The van der Waals surface area contributed by atoms with Gasteiger partial charge in [0.1, 0.15) is 0 Å². The van der Waals surface area contributed by atoms with Crippen molar-refractivity contribution in [3.63, 3.8) is 0 Å². The van der Waals surface area contributed by atoms with E-state index in [1.807, 2.05) is 0 Å². The van der Waals surface area contributed by atoms with Crippen molar-refractivity contribution in [2.75, 3.05) is 0 Å². The molecule has 2 heteroatoms. The Kier molecular flexibility index (Phi) is 5.56. The van der Waals surface area contributed by atoms with Gasteiger partial charge in [0.25, 0.3) is 0 Å². The van der Waals surface area contributed by atoms with Crippen molar-refractivity contribution in [2.45, 2.75) is 12.6 Å². The molecule has 114 valence electrons. The minimum Gasteiger partial charge on any atom is -0.125 e. The molecular weight excluding hydrogens is 294 g/mol. The normalized spacial score (nSPS) is 10.7. The standard InChI is InChI=1S/C21H22BP/c22-16-15-18-9-7-8-10-19(18)17-23(20-11-3-1-4-12-20)21-13-5-2-6-14-21/h1-14,16H,15,17H2,22H3. The van der Waals surface area contributed by atoms with E-state index in [1.165, 1.54) is 21.7 Å². The summed E-state index contributed by atoms with van der Waals surface area (Å²) < 4.78 is 0. The molecule has 0 aliphatic rings. The van der Waals surface area contributed by atoms with Crippen LogP contribution in [-0.2, 0) is 12.6 Å². The van der Waals surface area contributed by atoms with Crippen LogP contribution in [0.4, 0.5) is 0 Å². The lowest BCUT2D eigenvalue weighted by atomic mass is 9.95. The highest BCUT2D eigenvalue weighted by Crippen LogP contribution is 2.38. The Hall–Kier alpha value is -1.98. The van der Waals surface area contributed by atoms with Crippen molar-refractivity contribution in [1.29, 1.82) is 0 Å². The molecule has 23 heavy (non-hydrogen) atoms. The van der Waals surface area contributed by atoms with Crippen LogP contribution in [0.5, 0.6) is 0 Å². The molecular formula is C21H22BP. The van der Waals surface area contributed by atoms with Gasteiger partial charge in [-0.15, -0.1) is 6.32 Å². The Labute approximate surface area is 141 Å². The van der Waals surface area contributed by atoms with Crippen molar-refractivity contribution in [3.05, 3.63) is 102 Å². The van der Waals surface area contributed by atoms with E-state index in [4.69, 9.17) is 0 Å². The lowest BCUT2D eigenvalue weighted by Gasteiger charge is -2.20. The summed E-state index contributed by atoms with van der Waals surface area (Å²) >= 11 is 0. The van der Waals surface area contributed by atoms with Crippen molar-refractivity contribution < 1.29 is 0 Å². The summed E-state index contributed by atoms with van der Waals surface area (Å²) in [5, 5.41) is 2.93. The maximum atomic E-state index is 2.49. The second-order valence-corrected chi connectivity index (χ2v) is 7.44. The summed E-state index contributed by atoms with van der Waals surface area (Å²) in [5.41, 5.74) is 3.03. The molecule has 0 aliphatic heterocycles. The molecule has 0 atom stereocenters. The summed E-state index contributed by atoms with van der Waals surface area (Å²) in [6.45, 7) is 0. The van der Waals surface area contributed by atoms with Gasteiger partial charge >= 0.3 is 0 Å². The van der Waals surface area contributed by atoms with Crippen LogP contribution in [0.2, 0.25) is 0 Å². The average molecular weight is 316 g/mol. The predicted molar refractivity (Wildman–Crippen MR) is 107 cm³/mol. The first-order valence-electron chi connectivity index (χ1n) is 7.53. The fourth-order valence-corrected chi connectivity index (χ4v) is 5.01. The van der Waals surface area contributed by atoms with E-state index in [1.54, 1.807) is 0 Å². The van der Waals surface area contributed by atoms with E-state index < -0.39 is 0 Å². The fraction of sp³-hybridized carbons (Fsp3) is 0.0952. The number of hydrogen-bond acceptors (Lipinski definition) is 0. The van der Waals surface area contributed by atoms with Gasteiger partial charge in [-0.2, -0.15) is 0 Å². The molecule has 0 radical (unpaired) electrons. The molecule has 3 rings (SSSR count). The molecule has 0 unspecified atom stereocenters. The van der Waals surface area contributed by atoms with E-state index in [9.17, 15) is 0 Å². The summed E-state index contributed by atoms with van der Waals surface area (Å²) in [7, 11) is 0.0204. The largest absolute Gasteiger partial charge is 0.155 e. The predicted octanol–water partition coefficient (Wildman–Crippen LogP) is 3.39. The lowest BCUT2D eigenvalue weighted by Crippen LogP contribution is -2.13. The minimum atomic E-state index is -0.348. The van der Waals surface area contributed by atoms with Crippen LogP contribution in [0.25, 0.3) is 0 Å². The zero-order valence-electron chi connectivity index (χ0n) is 12.5. The highest BCUT2D eigenvalue weighted by molar-refractivity contribution is 7.72. The molecule has 3 aromatic rings. The minimum absolute atomic E-state index is 0.348. The highest BCUT2D eigenvalue weighted by atomic mass is 31.1. The van der Waals surface area contributed by atoms with Gasteiger partial charge in [0.15, 0.2) is 7.85 Å².